The summed E-state index contributed by atoms with van der Waals surface area (Å²) in [5, 5.41) is 7.63. The predicted molar refractivity (Wildman–Crippen MR) is 143 cm³/mol. The number of thioether (sulfide) groups is 1. The van der Waals surface area contributed by atoms with E-state index < -0.39 is 0 Å². The van der Waals surface area contributed by atoms with E-state index in [2.05, 4.69) is 15.2 Å². The number of halogens is 2. The summed E-state index contributed by atoms with van der Waals surface area (Å²) in [4.78, 5) is 26.1. The van der Waals surface area contributed by atoms with E-state index in [1.165, 1.54) is 11.8 Å². The predicted octanol–water partition coefficient (Wildman–Crippen LogP) is 5.84. The van der Waals surface area contributed by atoms with E-state index in [9.17, 15) is 9.59 Å². The summed E-state index contributed by atoms with van der Waals surface area (Å²) >= 11 is 13.5. The Morgan fingerprint density at radius 3 is 2.69 bits per heavy atom. The number of fused-ring (bicyclic) bond motifs is 2. The van der Waals surface area contributed by atoms with E-state index >= 15 is 0 Å². The van der Waals surface area contributed by atoms with Gasteiger partial charge in [0.15, 0.2) is 11.5 Å². The molecule has 0 spiro atoms. The molecule has 3 aromatic carbocycles. The lowest BCUT2D eigenvalue weighted by Gasteiger charge is -2.09. The van der Waals surface area contributed by atoms with Crippen molar-refractivity contribution >= 4 is 63.4 Å². The fourth-order valence-corrected chi connectivity index (χ4v) is 5.27. The highest BCUT2D eigenvalue weighted by molar-refractivity contribution is 8.00. The molecule has 0 fully saturated rings. The van der Waals surface area contributed by atoms with Gasteiger partial charge < -0.3 is 24.7 Å². The highest BCUT2D eigenvalue weighted by Gasteiger charge is 2.16. The molecule has 1 aliphatic rings. The fourth-order valence-electron chi connectivity index (χ4n) is 3.89. The standard InChI is InChI=1S/C26H21Cl2N3O4S/c27-16-5-7-18(20(28)11-16)26(33)29-9-10-31-13-24(19-3-1-2-4-21(19)31)36-14-25(32)30-17-6-8-22-23(12-17)35-15-34-22/h1-8,11-13H,9-10,14-15H2,(H,29,33)(H,30,32). The molecule has 0 unspecified atom stereocenters. The monoisotopic (exact) mass is 541 g/mol. The van der Waals surface area contributed by atoms with Gasteiger partial charge in [0.2, 0.25) is 12.7 Å². The summed E-state index contributed by atoms with van der Waals surface area (Å²) in [6.45, 7) is 1.15. The maximum absolute atomic E-state index is 12.6. The summed E-state index contributed by atoms with van der Waals surface area (Å²) in [6.07, 6.45) is 2.00. The minimum Gasteiger partial charge on any atom is -0.454 e. The molecular formula is C26H21Cl2N3O4S. The highest BCUT2D eigenvalue weighted by Crippen LogP contribution is 2.34. The Hall–Kier alpha value is -3.33. The van der Waals surface area contributed by atoms with Crippen LogP contribution in [0.25, 0.3) is 10.9 Å². The van der Waals surface area contributed by atoms with E-state index in [1.54, 1.807) is 36.4 Å². The van der Waals surface area contributed by atoms with Gasteiger partial charge in [0, 0.05) is 51.9 Å². The van der Waals surface area contributed by atoms with Crippen molar-refractivity contribution in [1.29, 1.82) is 0 Å². The Bertz CT molecular complexity index is 1460. The van der Waals surface area contributed by atoms with Crippen LogP contribution in [0.2, 0.25) is 10.0 Å². The van der Waals surface area contributed by atoms with Crippen molar-refractivity contribution in [3.8, 4) is 11.5 Å². The maximum atomic E-state index is 12.6. The zero-order chi connectivity index (χ0) is 25.1. The van der Waals surface area contributed by atoms with E-state index in [0.29, 0.717) is 45.9 Å². The van der Waals surface area contributed by atoms with E-state index in [-0.39, 0.29) is 24.4 Å². The largest absolute Gasteiger partial charge is 0.454 e. The first kappa shape index (κ1) is 24.4. The number of amides is 2. The molecular weight excluding hydrogens is 521 g/mol. The van der Waals surface area contributed by atoms with Crippen LogP contribution < -0.4 is 20.1 Å². The molecule has 2 N–H and O–H groups in total. The summed E-state index contributed by atoms with van der Waals surface area (Å²) in [5.74, 6) is 1.15. The minimum absolute atomic E-state index is 0.122. The quantitative estimate of drug-likeness (QED) is 0.274. The first-order valence-corrected chi connectivity index (χ1v) is 12.9. The molecule has 1 aromatic heterocycles. The number of nitrogens with one attached hydrogen (secondary N) is 2. The van der Waals surface area contributed by atoms with Gasteiger partial charge in [-0.25, -0.2) is 0 Å². The fraction of sp³-hybridized carbons (Fsp3) is 0.154. The van der Waals surface area contributed by atoms with Crippen LogP contribution in [0.15, 0.2) is 71.8 Å². The second kappa shape index (κ2) is 10.7. The molecule has 0 bridgehead atoms. The molecule has 0 radical (unpaired) electrons. The first-order chi connectivity index (χ1) is 17.5. The Morgan fingerprint density at radius 2 is 1.83 bits per heavy atom. The van der Waals surface area contributed by atoms with E-state index in [1.807, 2.05) is 30.5 Å². The van der Waals surface area contributed by atoms with E-state index in [4.69, 9.17) is 32.7 Å². The number of para-hydroxylation sites is 1. The number of anilines is 1. The Morgan fingerprint density at radius 1 is 1.00 bits per heavy atom. The Balaban J connectivity index is 1.21. The lowest BCUT2D eigenvalue weighted by atomic mass is 10.2. The van der Waals surface area contributed by atoms with Gasteiger partial charge in [-0.15, -0.1) is 11.8 Å². The van der Waals surface area contributed by atoms with Gasteiger partial charge in [-0.2, -0.15) is 0 Å². The summed E-state index contributed by atoms with van der Waals surface area (Å²) in [6, 6.07) is 18.1. The molecule has 2 heterocycles. The number of nitrogens with zero attached hydrogens (tertiary/aromatic N) is 1. The molecule has 0 saturated carbocycles. The molecule has 7 nitrogen and oxygen atoms in total. The Kier molecular flexibility index (Phi) is 7.27. The molecule has 0 saturated heterocycles. The number of rotatable bonds is 8. The SMILES string of the molecule is O=C(CSc1cn(CCNC(=O)c2ccc(Cl)cc2Cl)c2ccccc12)Nc1ccc2c(c1)OCO2. The van der Waals surface area contributed by atoms with Gasteiger partial charge in [0.1, 0.15) is 0 Å². The maximum Gasteiger partial charge on any atom is 0.252 e. The lowest BCUT2D eigenvalue weighted by molar-refractivity contribution is -0.113. The van der Waals surface area contributed by atoms with Crippen LogP contribution in [0.4, 0.5) is 5.69 Å². The third-order valence-corrected chi connectivity index (χ3v) is 7.17. The number of hydrogen-bond donors (Lipinski definition) is 2. The Labute approximate surface area is 221 Å². The number of ether oxygens (including phenoxy) is 2. The van der Waals surface area contributed by atoms with Gasteiger partial charge in [-0.3, -0.25) is 9.59 Å². The second-order valence-corrected chi connectivity index (χ2v) is 9.85. The third kappa shape index (κ3) is 5.41. The number of carbonyl (C=O) groups excluding carboxylic acids is 2. The summed E-state index contributed by atoms with van der Waals surface area (Å²) in [5.41, 5.74) is 2.06. The highest BCUT2D eigenvalue weighted by atomic mass is 35.5. The van der Waals surface area contributed by atoms with Crippen LogP contribution in [0.1, 0.15) is 10.4 Å². The zero-order valence-corrected chi connectivity index (χ0v) is 21.3. The molecule has 36 heavy (non-hydrogen) atoms. The topological polar surface area (TPSA) is 81.6 Å². The van der Waals surface area contributed by atoms with Gasteiger partial charge in [-0.05, 0) is 36.4 Å². The molecule has 4 aromatic rings. The first-order valence-electron chi connectivity index (χ1n) is 11.1. The van der Waals surface area contributed by atoms with Crippen LogP contribution in [-0.4, -0.2) is 35.5 Å². The molecule has 0 aliphatic carbocycles. The van der Waals surface area contributed by atoms with Crippen molar-refractivity contribution in [2.45, 2.75) is 11.4 Å². The molecule has 184 valence electrons. The van der Waals surface area contributed by atoms with Crippen molar-refractivity contribution in [3.05, 3.63) is 82.5 Å². The van der Waals surface area contributed by atoms with Crippen LogP contribution >= 0.6 is 35.0 Å². The van der Waals surface area contributed by atoms with Crippen LogP contribution in [0.3, 0.4) is 0 Å². The van der Waals surface area contributed by atoms with Gasteiger partial charge in [-0.1, -0.05) is 41.4 Å². The molecule has 10 heteroatoms. The number of carbonyl (C=O) groups is 2. The van der Waals surface area contributed by atoms with E-state index in [0.717, 1.165) is 15.8 Å². The molecule has 0 atom stereocenters. The van der Waals surface area contributed by atoms with Crippen molar-refractivity contribution in [2.75, 3.05) is 24.4 Å². The summed E-state index contributed by atoms with van der Waals surface area (Å²) in [7, 11) is 0. The van der Waals surface area contributed by atoms with Crippen LogP contribution in [0, 0.1) is 0 Å². The van der Waals surface area contributed by atoms with Crippen LogP contribution in [-0.2, 0) is 11.3 Å². The number of hydrogen-bond acceptors (Lipinski definition) is 5. The van der Waals surface area contributed by atoms with Gasteiger partial charge >= 0.3 is 0 Å². The van der Waals surface area contributed by atoms with Crippen molar-refractivity contribution in [3.63, 3.8) is 0 Å². The zero-order valence-electron chi connectivity index (χ0n) is 18.9. The van der Waals surface area contributed by atoms with Gasteiger partial charge in [0.05, 0.1) is 16.3 Å². The van der Waals surface area contributed by atoms with Gasteiger partial charge in [0.25, 0.3) is 5.91 Å². The number of aromatic nitrogens is 1. The summed E-state index contributed by atoms with van der Waals surface area (Å²) < 4.78 is 12.7. The molecule has 5 rings (SSSR count). The van der Waals surface area contributed by atoms with Crippen molar-refractivity contribution in [1.82, 2.24) is 9.88 Å². The number of benzene rings is 3. The third-order valence-electron chi connectivity index (χ3n) is 5.58. The van der Waals surface area contributed by atoms with Crippen molar-refractivity contribution in [2.24, 2.45) is 0 Å². The molecule has 1 aliphatic heterocycles. The minimum atomic E-state index is -0.261. The second-order valence-electron chi connectivity index (χ2n) is 7.99. The van der Waals surface area contributed by atoms with Crippen LogP contribution in [0.5, 0.6) is 11.5 Å². The normalized spacial score (nSPS) is 12.1. The average molecular weight is 542 g/mol. The van der Waals surface area contributed by atoms with Crippen molar-refractivity contribution < 1.29 is 19.1 Å². The average Bonchev–Trinajstić information content (AvgIpc) is 3.47. The smallest absolute Gasteiger partial charge is 0.252 e. The lowest BCUT2D eigenvalue weighted by Crippen LogP contribution is -2.27. The molecule has 2 amide bonds.